The second-order valence-electron chi connectivity index (χ2n) is 7.15. The van der Waals surface area contributed by atoms with Crippen molar-refractivity contribution in [1.29, 1.82) is 0 Å². The van der Waals surface area contributed by atoms with Crippen LogP contribution < -0.4 is 14.8 Å². The van der Waals surface area contributed by atoms with Crippen LogP contribution in [0.3, 0.4) is 0 Å². The van der Waals surface area contributed by atoms with Gasteiger partial charge in [-0.1, -0.05) is 19.1 Å². The standard InChI is InChI=1S/C21H28N2O4S/c1-13-8-16(9-13)22-21(25)12-23(15(3)28)19(10-14(2)24)18-7-6-17(26-4)11-20(18)27-5/h6-7,10-11,13,16H,8-9,12H2,1-5H3,(H,22,25)/b19-10-. The molecule has 1 saturated carbocycles. The lowest BCUT2D eigenvalue weighted by Gasteiger charge is -2.34. The van der Waals surface area contributed by atoms with Crippen LogP contribution in [0.15, 0.2) is 24.3 Å². The summed E-state index contributed by atoms with van der Waals surface area (Å²) in [4.78, 5) is 26.6. The fourth-order valence-electron chi connectivity index (χ4n) is 3.31. The van der Waals surface area contributed by atoms with Crippen molar-refractivity contribution in [1.82, 2.24) is 10.2 Å². The summed E-state index contributed by atoms with van der Waals surface area (Å²) >= 11 is 5.40. The molecule has 7 heteroatoms. The third-order valence-electron chi connectivity index (χ3n) is 4.74. The average molecular weight is 405 g/mol. The van der Waals surface area contributed by atoms with Crippen molar-refractivity contribution >= 4 is 34.6 Å². The van der Waals surface area contributed by atoms with E-state index in [0.717, 1.165) is 12.8 Å². The minimum Gasteiger partial charge on any atom is -0.497 e. The number of methoxy groups -OCH3 is 2. The van der Waals surface area contributed by atoms with Crippen LogP contribution in [0, 0.1) is 5.92 Å². The van der Waals surface area contributed by atoms with E-state index in [0.29, 0.717) is 33.7 Å². The van der Waals surface area contributed by atoms with Gasteiger partial charge in [-0.15, -0.1) is 0 Å². The number of carbonyl (C=O) groups excluding carboxylic acids is 2. The minimum atomic E-state index is -0.151. The quantitative estimate of drug-likeness (QED) is 0.530. The fourth-order valence-corrected chi connectivity index (χ4v) is 3.47. The van der Waals surface area contributed by atoms with Crippen molar-refractivity contribution in [3.05, 3.63) is 29.8 Å². The van der Waals surface area contributed by atoms with E-state index in [1.165, 1.54) is 13.0 Å². The van der Waals surface area contributed by atoms with Gasteiger partial charge in [-0.3, -0.25) is 9.59 Å². The van der Waals surface area contributed by atoms with Gasteiger partial charge in [0.1, 0.15) is 18.0 Å². The Morgan fingerprint density at radius 3 is 2.43 bits per heavy atom. The summed E-state index contributed by atoms with van der Waals surface area (Å²) in [6.45, 7) is 5.40. The Labute approximate surface area is 171 Å². The zero-order chi connectivity index (χ0) is 20.8. The highest BCUT2D eigenvalue weighted by Crippen LogP contribution is 2.32. The molecule has 1 N–H and O–H groups in total. The molecular weight excluding hydrogens is 376 g/mol. The summed E-state index contributed by atoms with van der Waals surface area (Å²) in [5.74, 6) is 1.53. The Kier molecular flexibility index (Phi) is 7.57. The molecule has 0 unspecified atom stereocenters. The number of nitrogens with one attached hydrogen (secondary N) is 1. The van der Waals surface area contributed by atoms with Crippen LogP contribution >= 0.6 is 12.2 Å². The molecule has 1 fully saturated rings. The van der Waals surface area contributed by atoms with Gasteiger partial charge >= 0.3 is 0 Å². The largest absolute Gasteiger partial charge is 0.497 e. The zero-order valence-electron chi connectivity index (χ0n) is 17.1. The second kappa shape index (κ2) is 9.68. The van der Waals surface area contributed by atoms with E-state index < -0.39 is 0 Å². The average Bonchev–Trinajstić information content (AvgIpc) is 2.62. The van der Waals surface area contributed by atoms with E-state index in [1.54, 1.807) is 44.2 Å². The van der Waals surface area contributed by atoms with E-state index in [2.05, 4.69) is 12.2 Å². The normalized spacial score (nSPS) is 18.7. The third-order valence-corrected chi connectivity index (χ3v) is 4.96. The third kappa shape index (κ3) is 5.55. The number of rotatable bonds is 8. The first-order valence-electron chi connectivity index (χ1n) is 9.27. The molecule has 1 aromatic rings. The number of thiocarbonyl (C=S) groups is 1. The van der Waals surface area contributed by atoms with Gasteiger partial charge in [-0.05, 0) is 44.7 Å². The van der Waals surface area contributed by atoms with E-state index in [1.807, 2.05) is 0 Å². The molecule has 0 saturated heterocycles. The summed E-state index contributed by atoms with van der Waals surface area (Å²) in [5.41, 5.74) is 1.18. The Balaban J connectivity index is 2.34. The lowest BCUT2D eigenvalue weighted by Crippen LogP contribution is -2.47. The molecule has 0 aliphatic heterocycles. The summed E-state index contributed by atoms with van der Waals surface area (Å²) < 4.78 is 10.7. The van der Waals surface area contributed by atoms with Crippen molar-refractivity contribution < 1.29 is 19.1 Å². The number of ether oxygens (including phenoxy) is 2. The number of ketones is 1. The van der Waals surface area contributed by atoms with Gasteiger partial charge in [0.05, 0.1) is 24.9 Å². The van der Waals surface area contributed by atoms with Gasteiger partial charge in [0.15, 0.2) is 5.78 Å². The molecule has 1 aromatic carbocycles. The Bertz CT molecular complexity index is 785. The molecule has 1 aliphatic rings. The summed E-state index contributed by atoms with van der Waals surface area (Å²) in [5, 5.41) is 3.03. The molecule has 2 rings (SSSR count). The van der Waals surface area contributed by atoms with Crippen LogP contribution in [-0.2, 0) is 9.59 Å². The Morgan fingerprint density at radius 1 is 1.25 bits per heavy atom. The van der Waals surface area contributed by atoms with E-state index in [9.17, 15) is 9.59 Å². The first-order chi connectivity index (χ1) is 13.2. The fraction of sp³-hybridized carbons (Fsp3) is 0.476. The highest BCUT2D eigenvalue weighted by Gasteiger charge is 2.28. The molecule has 1 aliphatic carbocycles. The highest BCUT2D eigenvalue weighted by atomic mass is 32.1. The maximum Gasteiger partial charge on any atom is 0.240 e. The lowest BCUT2D eigenvalue weighted by molar-refractivity contribution is -0.122. The molecule has 28 heavy (non-hydrogen) atoms. The molecular formula is C21H28N2O4S. The lowest BCUT2D eigenvalue weighted by atomic mass is 9.82. The van der Waals surface area contributed by atoms with E-state index >= 15 is 0 Å². The van der Waals surface area contributed by atoms with E-state index in [4.69, 9.17) is 21.7 Å². The van der Waals surface area contributed by atoms with Crippen molar-refractivity contribution in [2.45, 2.75) is 39.7 Å². The Hall–Kier alpha value is -2.41. The Morgan fingerprint density at radius 2 is 1.93 bits per heavy atom. The van der Waals surface area contributed by atoms with Crippen LogP contribution in [-0.4, -0.2) is 48.4 Å². The number of benzene rings is 1. The van der Waals surface area contributed by atoms with Crippen LogP contribution in [0.25, 0.3) is 5.70 Å². The van der Waals surface area contributed by atoms with Crippen molar-refractivity contribution in [2.24, 2.45) is 5.92 Å². The van der Waals surface area contributed by atoms with Crippen LogP contribution in [0.1, 0.15) is 39.2 Å². The number of hydrogen-bond donors (Lipinski definition) is 1. The number of amides is 1. The summed E-state index contributed by atoms with van der Waals surface area (Å²) in [6, 6.07) is 5.52. The van der Waals surface area contributed by atoms with Gasteiger partial charge in [0.25, 0.3) is 0 Å². The summed E-state index contributed by atoms with van der Waals surface area (Å²) in [7, 11) is 3.11. The van der Waals surface area contributed by atoms with Gasteiger partial charge in [0.2, 0.25) is 5.91 Å². The molecule has 0 aromatic heterocycles. The van der Waals surface area contributed by atoms with Crippen molar-refractivity contribution in [3.8, 4) is 11.5 Å². The molecule has 0 radical (unpaired) electrons. The van der Waals surface area contributed by atoms with E-state index in [-0.39, 0.29) is 24.3 Å². The van der Waals surface area contributed by atoms with Gasteiger partial charge < -0.3 is 19.7 Å². The number of nitrogens with zero attached hydrogens (tertiary/aromatic N) is 1. The molecule has 0 bridgehead atoms. The maximum absolute atomic E-state index is 12.6. The van der Waals surface area contributed by atoms with Crippen LogP contribution in [0.2, 0.25) is 0 Å². The first kappa shape index (κ1) is 21.9. The molecule has 0 heterocycles. The van der Waals surface area contributed by atoms with Gasteiger partial charge in [-0.25, -0.2) is 0 Å². The van der Waals surface area contributed by atoms with Crippen molar-refractivity contribution in [3.63, 3.8) is 0 Å². The number of carbonyl (C=O) groups is 2. The molecule has 152 valence electrons. The maximum atomic E-state index is 12.6. The molecule has 0 spiro atoms. The number of hydrogen-bond acceptors (Lipinski definition) is 5. The smallest absolute Gasteiger partial charge is 0.240 e. The SMILES string of the molecule is COc1ccc(/C(=C/C(C)=O)N(CC(=O)NC2CC(C)C2)C(C)=S)c(OC)c1. The highest BCUT2D eigenvalue weighted by molar-refractivity contribution is 7.80. The van der Waals surface area contributed by atoms with Gasteiger partial charge in [-0.2, -0.15) is 0 Å². The molecule has 0 atom stereocenters. The predicted octanol–water partition coefficient (Wildman–Crippen LogP) is 3.20. The summed E-state index contributed by atoms with van der Waals surface area (Å²) in [6.07, 6.45) is 3.45. The topological polar surface area (TPSA) is 67.9 Å². The first-order valence-corrected chi connectivity index (χ1v) is 9.68. The van der Waals surface area contributed by atoms with Crippen LogP contribution in [0.4, 0.5) is 0 Å². The minimum absolute atomic E-state index is 0.0362. The number of allylic oxidation sites excluding steroid dienone is 1. The second-order valence-corrected chi connectivity index (χ2v) is 7.74. The monoisotopic (exact) mass is 404 g/mol. The van der Waals surface area contributed by atoms with Gasteiger partial charge in [0, 0.05) is 23.7 Å². The molecule has 1 amide bonds. The van der Waals surface area contributed by atoms with Crippen molar-refractivity contribution in [2.75, 3.05) is 20.8 Å². The predicted molar refractivity (Wildman–Crippen MR) is 114 cm³/mol. The molecule has 6 nitrogen and oxygen atoms in total. The van der Waals surface area contributed by atoms with Crippen LogP contribution in [0.5, 0.6) is 11.5 Å². The zero-order valence-corrected chi connectivity index (χ0v) is 17.9.